The van der Waals surface area contributed by atoms with Crippen molar-refractivity contribution in [1.29, 1.82) is 0 Å². The van der Waals surface area contributed by atoms with Crippen LogP contribution in [0.4, 0.5) is 5.69 Å². The van der Waals surface area contributed by atoms with Gasteiger partial charge in [-0.15, -0.1) is 0 Å². The zero-order chi connectivity index (χ0) is 14.9. The average molecular weight is 344 g/mol. The van der Waals surface area contributed by atoms with Crippen molar-refractivity contribution in [1.82, 2.24) is 0 Å². The number of carbonyl (C=O) groups is 2. The number of piperidine rings is 1. The molecule has 1 heterocycles. The van der Waals surface area contributed by atoms with Crippen LogP contribution >= 0.6 is 15.9 Å². The summed E-state index contributed by atoms with van der Waals surface area (Å²) in [6, 6.07) is 11.6. The Morgan fingerprint density at radius 1 is 0.952 bits per heavy atom. The lowest BCUT2D eigenvalue weighted by Gasteiger charge is -2.22. The Bertz CT molecular complexity index is 788. The maximum absolute atomic E-state index is 12.6. The van der Waals surface area contributed by atoms with Crippen LogP contribution in [0.5, 0.6) is 0 Å². The normalized spacial score (nSPS) is 26.3. The first kappa shape index (κ1) is 13.0. The number of hydrogen-bond donors (Lipinski definition) is 0. The zero-order valence-corrected chi connectivity index (χ0v) is 13.3. The van der Waals surface area contributed by atoms with Gasteiger partial charge in [-0.05, 0) is 22.9 Å². The topological polar surface area (TPSA) is 37.4 Å². The second-order valence-electron chi connectivity index (χ2n) is 6.40. The number of anilines is 1. The lowest BCUT2D eigenvalue weighted by molar-refractivity contribution is -0.125. The van der Waals surface area contributed by atoms with Gasteiger partial charge >= 0.3 is 0 Å². The third-order valence-corrected chi connectivity index (χ3v) is 5.58. The van der Waals surface area contributed by atoms with Crippen LogP contribution in [0.2, 0.25) is 0 Å². The first-order chi connectivity index (χ1) is 9.94. The fraction of sp³-hybridized carbons (Fsp3) is 0.294. The number of hydrogen-bond acceptors (Lipinski definition) is 2. The molecule has 4 heteroatoms. The quantitative estimate of drug-likeness (QED) is 0.739. The largest absolute Gasteiger partial charge is 0.274 e. The molecule has 2 aliphatic rings. The van der Waals surface area contributed by atoms with Crippen LogP contribution in [0.1, 0.15) is 13.8 Å². The van der Waals surface area contributed by atoms with Gasteiger partial charge in [-0.25, -0.2) is 4.90 Å². The van der Waals surface area contributed by atoms with E-state index in [0.717, 1.165) is 15.2 Å². The fourth-order valence-corrected chi connectivity index (χ4v) is 4.10. The number of imide groups is 1. The van der Waals surface area contributed by atoms with Gasteiger partial charge in [0.15, 0.2) is 0 Å². The minimum absolute atomic E-state index is 0.0533. The molecule has 1 aliphatic carbocycles. The van der Waals surface area contributed by atoms with Gasteiger partial charge in [-0.1, -0.05) is 54.0 Å². The summed E-state index contributed by atoms with van der Waals surface area (Å²) < 4.78 is 0.964. The molecule has 1 saturated carbocycles. The lowest BCUT2D eigenvalue weighted by Crippen LogP contribution is -2.36. The van der Waals surface area contributed by atoms with Crippen LogP contribution in [0.25, 0.3) is 10.8 Å². The van der Waals surface area contributed by atoms with E-state index in [-0.39, 0.29) is 29.1 Å². The maximum atomic E-state index is 12.6. The maximum Gasteiger partial charge on any atom is 0.238 e. The lowest BCUT2D eigenvalue weighted by atomic mass is 10.0. The van der Waals surface area contributed by atoms with E-state index in [4.69, 9.17) is 0 Å². The number of carbonyl (C=O) groups excluding carboxylic acids is 2. The van der Waals surface area contributed by atoms with Crippen molar-refractivity contribution >= 4 is 44.2 Å². The second-order valence-corrected chi connectivity index (χ2v) is 7.26. The summed E-state index contributed by atoms with van der Waals surface area (Å²) >= 11 is 3.52. The highest BCUT2D eigenvalue weighted by Crippen LogP contribution is 2.64. The van der Waals surface area contributed by atoms with Crippen molar-refractivity contribution in [2.24, 2.45) is 17.3 Å². The van der Waals surface area contributed by atoms with Crippen molar-refractivity contribution in [3.05, 3.63) is 40.9 Å². The van der Waals surface area contributed by atoms with Crippen molar-refractivity contribution in [2.45, 2.75) is 13.8 Å². The molecule has 1 aliphatic heterocycles. The summed E-state index contributed by atoms with van der Waals surface area (Å²) in [5, 5.41) is 1.93. The van der Waals surface area contributed by atoms with Gasteiger partial charge in [0.05, 0.1) is 17.5 Å². The average Bonchev–Trinajstić information content (AvgIpc) is 2.92. The third kappa shape index (κ3) is 1.54. The van der Waals surface area contributed by atoms with Crippen molar-refractivity contribution in [2.75, 3.05) is 4.90 Å². The zero-order valence-electron chi connectivity index (χ0n) is 11.8. The molecular weight excluding hydrogens is 330 g/mol. The SMILES string of the molecule is CC1(C)C2C(=O)N(c3ccc(Br)c4ccccc34)C(=O)C21. The van der Waals surface area contributed by atoms with E-state index in [1.807, 2.05) is 50.2 Å². The molecule has 106 valence electrons. The highest BCUT2D eigenvalue weighted by molar-refractivity contribution is 9.10. The Morgan fingerprint density at radius 2 is 1.52 bits per heavy atom. The van der Waals surface area contributed by atoms with Crippen molar-refractivity contribution in [3.8, 4) is 0 Å². The first-order valence-corrected chi connectivity index (χ1v) is 7.79. The van der Waals surface area contributed by atoms with Gasteiger partial charge in [0.25, 0.3) is 0 Å². The summed E-state index contributed by atoms with van der Waals surface area (Å²) in [5.41, 5.74) is 0.530. The smallest absolute Gasteiger partial charge is 0.238 e. The predicted octanol–water partition coefficient (Wildman–Crippen LogP) is 3.75. The molecule has 2 amide bonds. The molecule has 0 bridgehead atoms. The molecule has 1 saturated heterocycles. The number of nitrogens with zero attached hydrogens (tertiary/aromatic N) is 1. The Labute approximate surface area is 131 Å². The number of fused-ring (bicyclic) bond motifs is 2. The fourth-order valence-electron chi connectivity index (χ4n) is 3.63. The standard InChI is InChI=1S/C17H14BrNO2/c1-17(2)13-14(17)16(21)19(15(13)20)12-8-7-11(18)9-5-3-4-6-10(9)12/h3-8,13-14H,1-2H3. The molecule has 2 unspecified atom stereocenters. The van der Waals surface area contributed by atoms with Gasteiger partial charge in [0, 0.05) is 9.86 Å². The molecule has 21 heavy (non-hydrogen) atoms. The van der Waals surface area contributed by atoms with Crippen LogP contribution in [-0.2, 0) is 9.59 Å². The molecule has 0 spiro atoms. The van der Waals surface area contributed by atoms with E-state index in [2.05, 4.69) is 15.9 Å². The van der Waals surface area contributed by atoms with Gasteiger partial charge < -0.3 is 0 Å². The van der Waals surface area contributed by atoms with E-state index in [9.17, 15) is 9.59 Å². The summed E-state index contributed by atoms with van der Waals surface area (Å²) in [6.07, 6.45) is 0. The Balaban J connectivity index is 1.88. The molecule has 0 N–H and O–H groups in total. The van der Waals surface area contributed by atoms with Crippen molar-refractivity contribution < 1.29 is 9.59 Å². The predicted molar refractivity (Wildman–Crippen MR) is 84.9 cm³/mol. The Kier molecular flexibility index (Phi) is 2.45. The Hall–Kier alpha value is -1.68. The molecule has 2 atom stereocenters. The Morgan fingerprint density at radius 3 is 2.14 bits per heavy atom. The van der Waals surface area contributed by atoms with Gasteiger partial charge in [-0.3, -0.25) is 9.59 Å². The molecule has 2 aromatic carbocycles. The van der Waals surface area contributed by atoms with Crippen LogP contribution in [0.3, 0.4) is 0 Å². The molecule has 2 aromatic rings. The van der Waals surface area contributed by atoms with E-state index < -0.39 is 0 Å². The van der Waals surface area contributed by atoms with E-state index >= 15 is 0 Å². The van der Waals surface area contributed by atoms with E-state index in [0.29, 0.717) is 5.69 Å². The highest BCUT2D eigenvalue weighted by atomic mass is 79.9. The number of rotatable bonds is 1. The van der Waals surface area contributed by atoms with E-state index in [1.165, 1.54) is 4.90 Å². The molecule has 3 nitrogen and oxygen atoms in total. The number of halogens is 1. The molecule has 4 rings (SSSR count). The van der Waals surface area contributed by atoms with Crippen LogP contribution in [-0.4, -0.2) is 11.8 Å². The molecule has 2 fully saturated rings. The van der Waals surface area contributed by atoms with Crippen LogP contribution < -0.4 is 4.90 Å². The van der Waals surface area contributed by atoms with E-state index in [1.54, 1.807) is 0 Å². The van der Waals surface area contributed by atoms with Gasteiger partial charge in [-0.2, -0.15) is 0 Å². The van der Waals surface area contributed by atoms with Crippen LogP contribution in [0, 0.1) is 17.3 Å². The minimum Gasteiger partial charge on any atom is -0.274 e. The monoisotopic (exact) mass is 343 g/mol. The van der Waals surface area contributed by atoms with Gasteiger partial charge in [0.2, 0.25) is 11.8 Å². The number of benzene rings is 2. The minimum atomic E-state index is -0.171. The first-order valence-electron chi connectivity index (χ1n) is 6.99. The second kappa shape index (κ2) is 3.95. The summed E-state index contributed by atoms with van der Waals surface area (Å²) in [6.45, 7) is 3.99. The number of amides is 2. The van der Waals surface area contributed by atoms with Crippen molar-refractivity contribution in [3.63, 3.8) is 0 Å². The molecule has 0 radical (unpaired) electrons. The summed E-state index contributed by atoms with van der Waals surface area (Å²) in [7, 11) is 0. The third-order valence-electron chi connectivity index (χ3n) is 4.89. The van der Waals surface area contributed by atoms with Crippen LogP contribution in [0.15, 0.2) is 40.9 Å². The highest BCUT2D eigenvalue weighted by Gasteiger charge is 2.72. The molecular formula is C17H14BrNO2. The van der Waals surface area contributed by atoms with Gasteiger partial charge in [0.1, 0.15) is 0 Å². The molecule has 0 aromatic heterocycles. The summed E-state index contributed by atoms with van der Waals surface area (Å²) in [4.78, 5) is 26.6. The summed E-state index contributed by atoms with van der Waals surface area (Å²) in [5.74, 6) is -0.398.